The van der Waals surface area contributed by atoms with E-state index in [1.165, 1.54) is 0 Å². The van der Waals surface area contributed by atoms with Gasteiger partial charge in [0.05, 0.1) is 30.0 Å². The summed E-state index contributed by atoms with van der Waals surface area (Å²) in [6.07, 6.45) is 2.15. The first-order valence-corrected chi connectivity index (χ1v) is 17.1. The van der Waals surface area contributed by atoms with Crippen LogP contribution in [0.15, 0.2) is 97.1 Å². The number of nitrogens with one attached hydrogen (secondary N) is 1. The van der Waals surface area contributed by atoms with E-state index >= 15 is 0 Å². The number of ether oxygens (including phenoxy) is 1. The highest BCUT2D eigenvalue weighted by atomic mass is 16.5. The number of rotatable bonds is 11. The van der Waals surface area contributed by atoms with Crippen LogP contribution < -0.4 is 16.0 Å². The molecule has 0 spiro atoms. The Balaban J connectivity index is 1.29. The molecule has 7 heteroatoms. The average Bonchev–Trinajstić information content (AvgIpc) is 3.91. The fourth-order valence-electron chi connectivity index (χ4n) is 6.61. The van der Waals surface area contributed by atoms with Gasteiger partial charge in [-0.15, -0.1) is 0 Å². The topological polar surface area (TPSA) is 87.9 Å². The summed E-state index contributed by atoms with van der Waals surface area (Å²) in [5.74, 6) is 0.166. The number of hydrogen-bond acceptors (Lipinski definition) is 5. The Kier molecular flexibility index (Phi) is 9.99. The Labute approximate surface area is 285 Å². The van der Waals surface area contributed by atoms with Gasteiger partial charge in [0.2, 0.25) is 11.8 Å². The number of benzene rings is 4. The van der Waals surface area contributed by atoms with Gasteiger partial charge in [0, 0.05) is 39.1 Å². The minimum Gasteiger partial charge on any atom is -0.378 e. The van der Waals surface area contributed by atoms with Crippen molar-refractivity contribution in [2.75, 3.05) is 36.5 Å². The van der Waals surface area contributed by atoms with E-state index in [1.54, 1.807) is 0 Å². The second-order valence-electron chi connectivity index (χ2n) is 14.4. The van der Waals surface area contributed by atoms with Crippen LogP contribution in [0.5, 0.6) is 0 Å². The Morgan fingerprint density at radius 2 is 1.46 bits per heavy atom. The normalized spacial score (nSPS) is 15.5. The average molecular weight is 645 g/mol. The van der Waals surface area contributed by atoms with E-state index in [9.17, 15) is 9.59 Å². The quantitative estimate of drug-likeness (QED) is 0.179. The van der Waals surface area contributed by atoms with Crippen molar-refractivity contribution in [3.05, 3.63) is 119 Å². The number of nitrogens with two attached hydrogens (primary N) is 1. The smallest absolute Gasteiger partial charge is 0.235 e. The molecule has 7 nitrogen and oxygen atoms in total. The predicted octanol–water partition coefficient (Wildman–Crippen LogP) is 7.28. The number of carbonyl (C=O) groups is 2. The van der Waals surface area contributed by atoms with Crippen molar-refractivity contribution in [2.45, 2.75) is 65.1 Å². The second kappa shape index (κ2) is 14.3. The van der Waals surface area contributed by atoms with Gasteiger partial charge in [-0.2, -0.15) is 0 Å². The molecule has 2 amide bonds. The van der Waals surface area contributed by atoms with Crippen LogP contribution in [0.2, 0.25) is 0 Å². The molecule has 6 rings (SSSR count). The summed E-state index contributed by atoms with van der Waals surface area (Å²) in [5, 5.41) is 3.36. The van der Waals surface area contributed by atoms with Crippen LogP contribution in [-0.2, 0) is 39.4 Å². The molecule has 48 heavy (non-hydrogen) atoms. The zero-order chi connectivity index (χ0) is 33.7. The van der Waals surface area contributed by atoms with Gasteiger partial charge >= 0.3 is 0 Å². The van der Waals surface area contributed by atoms with Gasteiger partial charge in [0.15, 0.2) is 0 Å². The maximum Gasteiger partial charge on any atom is 0.235 e. The van der Waals surface area contributed by atoms with Crippen molar-refractivity contribution in [1.82, 2.24) is 4.90 Å². The maximum atomic E-state index is 13.9. The lowest BCUT2D eigenvalue weighted by Gasteiger charge is -2.31. The molecule has 2 aliphatic rings. The van der Waals surface area contributed by atoms with Crippen molar-refractivity contribution in [3.63, 3.8) is 0 Å². The Morgan fingerprint density at radius 3 is 2.12 bits per heavy atom. The number of amides is 2. The molecule has 0 atom stereocenters. The number of carbonyl (C=O) groups excluding carboxylic acids is 2. The maximum absolute atomic E-state index is 13.9. The molecule has 0 aromatic heterocycles. The van der Waals surface area contributed by atoms with Crippen molar-refractivity contribution < 1.29 is 14.3 Å². The van der Waals surface area contributed by atoms with Crippen LogP contribution in [0.25, 0.3) is 11.1 Å². The lowest BCUT2D eigenvalue weighted by atomic mass is 9.91. The van der Waals surface area contributed by atoms with Crippen molar-refractivity contribution in [3.8, 4) is 11.1 Å². The number of nitrogens with zero attached hydrogens (tertiary/aromatic N) is 2. The van der Waals surface area contributed by atoms with Gasteiger partial charge < -0.3 is 25.6 Å². The van der Waals surface area contributed by atoms with E-state index in [0.29, 0.717) is 39.3 Å². The lowest BCUT2D eigenvalue weighted by Crippen LogP contribution is -2.37. The highest BCUT2D eigenvalue weighted by molar-refractivity contribution is 6.04. The molecule has 1 saturated carbocycles. The predicted molar refractivity (Wildman–Crippen MR) is 194 cm³/mol. The zero-order valence-corrected chi connectivity index (χ0v) is 28.5. The molecule has 3 N–H and O–H groups in total. The van der Waals surface area contributed by atoms with Crippen molar-refractivity contribution >= 4 is 23.2 Å². The molecule has 0 unspecified atom stereocenters. The number of hydrogen-bond donors (Lipinski definition) is 2. The molecule has 250 valence electrons. The van der Waals surface area contributed by atoms with Crippen molar-refractivity contribution in [2.24, 2.45) is 11.1 Å². The minimum atomic E-state index is -0.480. The molecule has 1 saturated heterocycles. The van der Waals surface area contributed by atoms with E-state index in [2.05, 4.69) is 97.7 Å². The van der Waals surface area contributed by atoms with Gasteiger partial charge in [-0.25, -0.2) is 0 Å². The highest BCUT2D eigenvalue weighted by Gasteiger charge is 2.51. The summed E-state index contributed by atoms with van der Waals surface area (Å²) in [7, 11) is 0. The van der Waals surface area contributed by atoms with Crippen LogP contribution >= 0.6 is 0 Å². The van der Waals surface area contributed by atoms with E-state index in [0.717, 1.165) is 70.7 Å². The molecule has 1 aliphatic carbocycles. The van der Waals surface area contributed by atoms with Gasteiger partial charge in [-0.3, -0.25) is 9.59 Å². The van der Waals surface area contributed by atoms with Gasteiger partial charge in [-0.05, 0) is 69.8 Å². The molecular weight excluding hydrogens is 596 g/mol. The summed E-state index contributed by atoms with van der Waals surface area (Å²) in [5.41, 5.74) is 13.4. The van der Waals surface area contributed by atoms with E-state index < -0.39 is 5.41 Å². The van der Waals surface area contributed by atoms with Gasteiger partial charge in [0.25, 0.3) is 0 Å². The van der Waals surface area contributed by atoms with E-state index in [-0.39, 0.29) is 17.2 Å². The van der Waals surface area contributed by atoms with Crippen LogP contribution in [-0.4, -0.2) is 43.0 Å². The van der Waals surface area contributed by atoms with Crippen LogP contribution in [0.3, 0.4) is 0 Å². The summed E-state index contributed by atoms with van der Waals surface area (Å²) >= 11 is 0. The summed E-state index contributed by atoms with van der Waals surface area (Å²) < 4.78 is 5.63. The lowest BCUT2D eigenvalue weighted by molar-refractivity contribution is -0.134. The molecule has 0 radical (unpaired) electrons. The fraction of sp³-hybridized carbons (Fsp3) is 0.366. The molecule has 1 heterocycles. The molecule has 1 aliphatic heterocycles. The Bertz CT molecular complexity index is 1740. The van der Waals surface area contributed by atoms with E-state index in [4.69, 9.17) is 10.5 Å². The van der Waals surface area contributed by atoms with Crippen LogP contribution in [0, 0.1) is 5.41 Å². The van der Waals surface area contributed by atoms with Gasteiger partial charge in [0.1, 0.15) is 0 Å². The van der Waals surface area contributed by atoms with Crippen LogP contribution in [0.1, 0.15) is 62.3 Å². The number of morpholine rings is 1. The summed E-state index contributed by atoms with van der Waals surface area (Å²) in [6, 6.07) is 33.0. The molecule has 0 bridgehead atoms. The largest absolute Gasteiger partial charge is 0.378 e. The first-order valence-electron chi connectivity index (χ1n) is 17.1. The minimum absolute atomic E-state index is 0.0424. The summed E-state index contributed by atoms with van der Waals surface area (Å²) in [6.45, 7) is 10.6. The fourth-order valence-corrected chi connectivity index (χ4v) is 6.61. The third kappa shape index (κ3) is 7.97. The van der Waals surface area contributed by atoms with Gasteiger partial charge in [-0.1, -0.05) is 99.6 Å². The zero-order valence-electron chi connectivity index (χ0n) is 28.5. The van der Waals surface area contributed by atoms with Crippen molar-refractivity contribution in [1.29, 1.82) is 0 Å². The third-order valence-corrected chi connectivity index (χ3v) is 9.38. The van der Waals surface area contributed by atoms with Crippen LogP contribution in [0.4, 0.5) is 11.4 Å². The SMILES string of the molecule is CC(C)(C)CC(=O)N(Cc1cccc(CN)c1)Cc1cccc(-c2ccc(N3CCOCC3)c(NC(=O)C3(c4ccccc4)CC3)c2)c1. The van der Waals surface area contributed by atoms with E-state index in [1.807, 2.05) is 35.2 Å². The number of anilines is 2. The second-order valence-corrected chi connectivity index (χ2v) is 14.4. The standard InChI is InChI=1S/C41H48N4O3/c1-40(2,3)26-38(46)45(28-31-10-7-9-30(23-31)27-42)29-32-11-8-12-33(24-32)34-15-16-37(44-19-21-48-22-20-44)36(25-34)43-39(47)41(17-18-41)35-13-5-4-6-14-35/h4-16,23-25H,17-22,26-29,42H2,1-3H3,(H,43,47). The highest BCUT2D eigenvalue weighted by Crippen LogP contribution is 2.49. The summed E-state index contributed by atoms with van der Waals surface area (Å²) in [4.78, 5) is 31.8. The Morgan fingerprint density at radius 1 is 0.812 bits per heavy atom. The first kappa shape index (κ1) is 33.4. The Hall–Kier alpha value is -4.46. The molecule has 4 aromatic rings. The monoisotopic (exact) mass is 644 g/mol. The first-order chi connectivity index (χ1) is 23.1. The third-order valence-electron chi connectivity index (χ3n) is 9.38. The molecular formula is C41H48N4O3. The molecule has 2 fully saturated rings. The molecule has 4 aromatic carbocycles.